The summed E-state index contributed by atoms with van der Waals surface area (Å²) in [6.45, 7) is 3.24. The van der Waals surface area contributed by atoms with Crippen LogP contribution in [0, 0.1) is 23.7 Å². The SMILES string of the molecule is CC(C(=O)O)C(C)C(=O)NC1CC2OC1C1CC21. The van der Waals surface area contributed by atoms with Gasteiger partial charge in [0, 0.05) is 5.92 Å². The quantitative estimate of drug-likeness (QED) is 0.770. The smallest absolute Gasteiger partial charge is 0.307 e. The van der Waals surface area contributed by atoms with Crippen molar-refractivity contribution < 1.29 is 19.4 Å². The highest BCUT2D eigenvalue weighted by Crippen LogP contribution is 2.58. The van der Waals surface area contributed by atoms with E-state index < -0.39 is 17.8 Å². The van der Waals surface area contributed by atoms with Crippen molar-refractivity contribution in [3.63, 3.8) is 0 Å². The van der Waals surface area contributed by atoms with E-state index >= 15 is 0 Å². The third-order valence-electron chi connectivity index (χ3n) is 4.89. The number of amides is 1. The molecule has 1 saturated carbocycles. The molecular weight excluding hydrogens is 234 g/mol. The van der Waals surface area contributed by atoms with Gasteiger partial charge in [0.25, 0.3) is 0 Å². The van der Waals surface area contributed by atoms with Crippen LogP contribution in [0.5, 0.6) is 0 Å². The molecule has 3 fully saturated rings. The maximum absolute atomic E-state index is 12.0. The van der Waals surface area contributed by atoms with Gasteiger partial charge in [-0.15, -0.1) is 0 Å². The van der Waals surface area contributed by atoms with E-state index in [0.717, 1.165) is 12.3 Å². The van der Waals surface area contributed by atoms with Gasteiger partial charge in [-0.3, -0.25) is 9.59 Å². The molecule has 2 aliphatic heterocycles. The second-order valence-electron chi connectivity index (χ2n) is 5.97. The number of carboxylic acids is 1. The van der Waals surface area contributed by atoms with Crippen molar-refractivity contribution in [1.82, 2.24) is 5.32 Å². The second-order valence-corrected chi connectivity index (χ2v) is 5.97. The van der Waals surface area contributed by atoms with Crippen molar-refractivity contribution in [3.8, 4) is 0 Å². The van der Waals surface area contributed by atoms with Crippen LogP contribution < -0.4 is 5.32 Å². The summed E-state index contributed by atoms with van der Waals surface area (Å²) >= 11 is 0. The van der Waals surface area contributed by atoms with E-state index in [9.17, 15) is 9.59 Å². The molecule has 3 aliphatic rings. The van der Waals surface area contributed by atoms with Gasteiger partial charge in [0.15, 0.2) is 0 Å². The number of fused-ring (bicyclic) bond motifs is 5. The van der Waals surface area contributed by atoms with Crippen LogP contribution in [0.1, 0.15) is 26.7 Å². The van der Waals surface area contributed by atoms with Gasteiger partial charge in [-0.25, -0.2) is 0 Å². The summed E-state index contributed by atoms with van der Waals surface area (Å²) in [6, 6.07) is 0.0923. The summed E-state index contributed by atoms with van der Waals surface area (Å²) in [4.78, 5) is 22.9. The molecule has 0 aromatic rings. The number of hydrogen-bond acceptors (Lipinski definition) is 3. The van der Waals surface area contributed by atoms with Gasteiger partial charge in [0.05, 0.1) is 24.2 Å². The lowest BCUT2D eigenvalue weighted by Gasteiger charge is -2.23. The molecule has 5 heteroatoms. The predicted octanol–water partition coefficient (Wildman–Crippen LogP) is 0.635. The Morgan fingerprint density at radius 1 is 1.22 bits per heavy atom. The molecule has 18 heavy (non-hydrogen) atoms. The van der Waals surface area contributed by atoms with Crippen LogP contribution in [0.4, 0.5) is 0 Å². The van der Waals surface area contributed by atoms with Crippen molar-refractivity contribution in [2.45, 2.75) is 44.9 Å². The minimum Gasteiger partial charge on any atom is -0.481 e. The summed E-state index contributed by atoms with van der Waals surface area (Å²) < 4.78 is 5.80. The van der Waals surface area contributed by atoms with Crippen molar-refractivity contribution in [2.24, 2.45) is 23.7 Å². The number of carboxylic acid groups (broad SMARTS) is 1. The highest BCUT2D eigenvalue weighted by Gasteiger charge is 2.63. The standard InChI is InChI=1S/C13H19NO4/c1-5(6(2)13(16)17)12(15)14-9-4-10-7-3-8(7)11(9)18-10/h5-11H,3-4H2,1-2H3,(H,14,15)(H,16,17). The molecule has 0 aromatic heterocycles. The molecule has 7 atom stereocenters. The van der Waals surface area contributed by atoms with Crippen molar-refractivity contribution in [1.29, 1.82) is 0 Å². The number of ether oxygens (including phenoxy) is 1. The Hall–Kier alpha value is -1.10. The van der Waals surface area contributed by atoms with Crippen LogP contribution in [0.2, 0.25) is 0 Å². The van der Waals surface area contributed by atoms with Crippen LogP contribution in [0.3, 0.4) is 0 Å². The summed E-state index contributed by atoms with van der Waals surface area (Å²) in [5.41, 5.74) is 0. The molecule has 2 bridgehead atoms. The topological polar surface area (TPSA) is 75.6 Å². The average Bonchev–Trinajstić information content (AvgIpc) is 2.95. The molecule has 5 nitrogen and oxygen atoms in total. The average molecular weight is 253 g/mol. The Kier molecular flexibility index (Phi) is 2.62. The Labute approximate surface area is 106 Å². The molecule has 0 radical (unpaired) electrons. The molecule has 1 aliphatic carbocycles. The molecule has 2 N–H and O–H groups in total. The van der Waals surface area contributed by atoms with Gasteiger partial charge in [0.2, 0.25) is 5.91 Å². The first-order valence-electron chi connectivity index (χ1n) is 6.67. The first kappa shape index (κ1) is 12.0. The summed E-state index contributed by atoms with van der Waals surface area (Å²) in [6.07, 6.45) is 2.64. The minimum absolute atomic E-state index is 0.0923. The first-order chi connectivity index (χ1) is 8.49. The van der Waals surface area contributed by atoms with Gasteiger partial charge in [-0.1, -0.05) is 13.8 Å². The van der Waals surface area contributed by atoms with Crippen molar-refractivity contribution in [3.05, 3.63) is 0 Å². The maximum atomic E-state index is 12.0. The lowest BCUT2D eigenvalue weighted by molar-refractivity contribution is -0.146. The van der Waals surface area contributed by atoms with E-state index in [1.165, 1.54) is 6.42 Å². The Morgan fingerprint density at radius 2 is 1.94 bits per heavy atom. The molecule has 7 unspecified atom stereocenters. The minimum atomic E-state index is -0.927. The number of hydrogen-bond donors (Lipinski definition) is 2. The lowest BCUT2D eigenvalue weighted by Crippen LogP contribution is -2.46. The van der Waals surface area contributed by atoms with Gasteiger partial charge in [-0.2, -0.15) is 0 Å². The van der Waals surface area contributed by atoms with Crippen LogP contribution >= 0.6 is 0 Å². The fourth-order valence-corrected chi connectivity index (χ4v) is 3.35. The summed E-state index contributed by atoms with van der Waals surface area (Å²) in [7, 11) is 0. The van der Waals surface area contributed by atoms with E-state index in [1.54, 1.807) is 13.8 Å². The predicted molar refractivity (Wildman–Crippen MR) is 62.8 cm³/mol. The third-order valence-corrected chi connectivity index (χ3v) is 4.89. The van der Waals surface area contributed by atoms with E-state index in [2.05, 4.69) is 5.32 Å². The van der Waals surface area contributed by atoms with Gasteiger partial charge in [0.1, 0.15) is 0 Å². The number of aliphatic carboxylic acids is 1. The Balaban J connectivity index is 1.57. The molecule has 2 heterocycles. The van der Waals surface area contributed by atoms with E-state index in [1.807, 2.05) is 0 Å². The van der Waals surface area contributed by atoms with E-state index in [4.69, 9.17) is 9.84 Å². The van der Waals surface area contributed by atoms with Crippen molar-refractivity contribution in [2.75, 3.05) is 0 Å². The van der Waals surface area contributed by atoms with E-state index in [0.29, 0.717) is 12.0 Å². The van der Waals surface area contributed by atoms with Gasteiger partial charge < -0.3 is 15.2 Å². The zero-order chi connectivity index (χ0) is 13.0. The molecule has 0 aromatic carbocycles. The van der Waals surface area contributed by atoms with Crippen LogP contribution in [-0.2, 0) is 14.3 Å². The highest BCUT2D eigenvalue weighted by molar-refractivity contribution is 5.84. The van der Waals surface area contributed by atoms with Gasteiger partial charge >= 0.3 is 5.97 Å². The molecule has 100 valence electrons. The first-order valence-corrected chi connectivity index (χ1v) is 6.67. The van der Waals surface area contributed by atoms with Crippen LogP contribution in [0.15, 0.2) is 0 Å². The number of carbonyl (C=O) groups is 2. The highest BCUT2D eigenvalue weighted by atomic mass is 16.5. The zero-order valence-corrected chi connectivity index (χ0v) is 10.6. The third kappa shape index (κ3) is 1.72. The maximum Gasteiger partial charge on any atom is 0.307 e. The number of rotatable bonds is 4. The lowest BCUT2D eigenvalue weighted by atomic mass is 9.92. The van der Waals surface area contributed by atoms with Crippen LogP contribution in [-0.4, -0.2) is 35.2 Å². The van der Waals surface area contributed by atoms with Crippen molar-refractivity contribution >= 4 is 11.9 Å². The summed E-state index contributed by atoms with van der Waals surface area (Å²) in [5, 5.41) is 11.9. The normalized spacial score (nSPS) is 43.1. The molecule has 3 rings (SSSR count). The Bertz CT molecular complexity index is 396. The molecular formula is C13H19NO4. The molecule has 2 saturated heterocycles. The van der Waals surface area contributed by atoms with E-state index in [-0.39, 0.29) is 18.1 Å². The zero-order valence-electron chi connectivity index (χ0n) is 10.6. The monoisotopic (exact) mass is 253 g/mol. The fourth-order valence-electron chi connectivity index (χ4n) is 3.35. The number of nitrogens with one attached hydrogen (secondary N) is 1. The Morgan fingerprint density at radius 3 is 2.50 bits per heavy atom. The van der Waals surface area contributed by atoms with Crippen LogP contribution in [0.25, 0.3) is 0 Å². The second kappa shape index (κ2) is 3.95. The van der Waals surface area contributed by atoms with Gasteiger partial charge in [-0.05, 0) is 24.7 Å². The summed E-state index contributed by atoms with van der Waals surface area (Å²) in [5.74, 6) is -0.873. The molecule has 0 spiro atoms. The fraction of sp³-hybridized carbons (Fsp3) is 0.846. The number of carbonyl (C=O) groups excluding carboxylic acids is 1. The molecule has 1 amide bonds. The largest absolute Gasteiger partial charge is 0.481 e.